The lowest BCUT2D eigenvalue weighted by Crippen LogP contribution is -2.17. The molecule has 5 nitrogen and oxygen atoms in total. The topological polar surface area (TPSA) is 67.2 Å². The maximum absolute atomic E-state index is 10.8. The summed E-state index contributed by atoms with van der Waals surface area (Å²) in [6.07, 6.45) is 1.13. The standard InChI is InChI=1S/C11H15N3O2.C2H6/c15-14(16)11-4-2-1-3-10(11)13-8-9-5-6-12-7-9;1-2/h1-4,9,12-13H,5-8H2;1-2H3. The fraction of sp³-hybridized carbons (Fsp3) is 0.538. The molecule has 0 bridgehead atoms. The SMILES string of the molecule is CC.O=[N+]([O-])c1ccccc1NCC1CCNC1. The van der Waals surface area contributed by atoms with Gasteiger partial charge in [0, 0.05) is 12.6 Å². The summed E-state index contributed by atoms with van der Waals surface area (Å²) in [5, 5.41) is 17.2. The highest BCUT2D eigenvalue weighted by Gasteiger charge is 2.16. The summed E-state index contributed by atoms with van der Waals surface area (Å²) in [6, 6.07) is 6.76. The number of hydrogen-bond acceptors (Lipinski definition) is 4. The molecule has 1 aromatic carbocycles. The molecular formula is C13H21N3O2. The number of para-hydroxylation sites is 2. The van der Waals surface area contributed by atoms with Crippen molar-refractivity contribution in [3.63, 3.8) is 0 Å². The summed E-state index contributed by atoms with van der Waals surface area (Å²) in [7, 11) is 0. The van der Waals surface area contributed by atoms with Crippen LogP contribution in [-0.4, -0.2) is 24.6 Å². The van der Waals surface area contributed by atoms with Gasteiger partial charge < -0.3 is 10.6 Å². The Bertz CT molecular complexity index is 376. The minimum Gasteiger partial charge on any atom is -0.379 e. The summed E-state index contributed by atoms with van der Waals surface area (Å²) in [4.78, 5) is 10.4. The highest BCUT2D eigenvalue weighted by molar-refractivity contribution is 5.61. The van der Waals surface area contributed by atoms with Gasteiger partial charge in [0.1, 0.15) is 5.69 Å². The third-order valence-electron chi connectivity index (χ3n) is 2.84. The van der Waals surface area contributed by atoms with Crippen molar-refractivity contribution in [1.29, 1.82) is 0 Å². The van der Waals surface area contributed by atoms with Crippen LogP contribution in [0, 0.1) is 16.0 Å². The first-order valence-electron chi connectivity index (χ1n) is 6.45. The number of anilines is 1. The maximum Gasteiger partial charge on any atom is 0.292 e. The minimum atomic E-state index is -0.352. The lowest BCUT2D eigenvalue weighted by atomic mass is 10.1. The van der Waals surface area contributed by atoms with Gasteiger partial charge in [-0.15, -0.1) is 0 Å². The Morgan fingerprint density at radius 2 is 2.17 bits per heavy atom. The Hall–Kier alpha value is -1.62. The predicted molar refractivity (Wildman–Crippen MR) is 73.9 cm³/mol. The molecule has 1 aliphatic heterocycles. The van der Waals surface area contributed by atoms with Crippen LogP contribution < -0.4 is 10.6 Å². The molecule has 1 aliphatic rings. The van der Waals surface area contributed by atoms with Crippen molar-refractivity contribution in [2.75, 3.05) is 25.0 Å². The van der Waals surface area contributed by atoms with Crippen LogP contribution >= 0.6 is 0 Å². The molecule has 100 valence electrons. The first kappa shape index (κ1) is 14.4. The van der Waals surface area contributed by atoms with Gasteiger partial charge >= 0.3 is 0 Å². The van der Waals surface area contributed by atoms with E-state index >= 15 is 0 Å². The van der Waals surface area contributed by atoms with Crippen LogP contribution in [0.3, 0.4) is 0 Å². The number of benzene rings is 1. The van der Waals surface area contributed by atoms with Gasteiger partial charge in [-0.1, -0.05) is 26.0 Å². The zero-order chi connectivity index (χ0) is 13.4. The van der Waals surface area contributed by atoms with Crippen molar-refractivity contribution < 1.29 is 4.92 Å². The van der Waals surface area contributed by atoms with Gasteiger partial charge in [-0.25, -0.2) is 0 Å². The van der Waals surface area contributed by atoms with E-state index in [1.165, 1.54) is 6.07 Å². The second-order valence-electron chi connectivity index (χ2n) is 4.01. The van der Waals surface area contributed by atoms with Crippen molar-refractivity contribution in [2.24, 2.45) is 5.92 Å². The van der Waals surface area contributed by atoms with Crippen molar-refractivity contribution in [2.45, 2.75) is 20.3 Å². The van der Waals surface area contributed by atoms with Crippen LogP contribution in [0.15, 0.2) is 24.3 Å². The molecule has 0 aromatic heterocycles. The molecule has 1 unspecified atom stereocenters. The van der Waals surface area contributed by atoms with E-state index in [2.05, 4.69) is 10.6 Å². The van der Waals surface area contributed by atoms with Crippen molar-refractivity contribution in [3.05, 3.63) is 34.4 Å². The second-order valence-corrected chi connectivity index (χ2v) is 4.01. The second kappa shape index (κ2) is 7.66. The Morgan fingerprint density at radius 1 is 1.44 bits per heavy atom. The van der Waals surface area contributed by atoms with E-state index in [1.54, 1.807) is 12.1 Å². The largest absolute Gasteiger partial charge is 0.379 e. The monoisotopic (exact) mass is 251 g/mol. The van der Waals surface area contributed by atoms with Gasteiger partial charge in [-0.2, -0.15) is 0 Å². The molecule has 0 amide bonds. The Kier molecular flexibility index (Phi) is 6.14. The molecule has 18 heavy (non-hydrogen) atoms. The first-order chi connectivity index (χ1) is 8.77. The average molecular weight is 251 g/mol. The lowest BCUT2D eigenvalue weighted by Gasteiger charge is -2.11. The fourth-order valence-electron chi connectivity index (χ4n) is 1.93. The summed E-state index contributed by atoms with van der Waals surface area (Å²) >= 11 is 0. The maximum atomic E-state index is 10.8. The van der Waals surface area contributed by atoms with Crippen molar-refractivity contribution in [1.82, 2.24) is 5.32 Å². The Labute approximate surface area is 108 Å². The lowest BCUT2D eigenvalue weighted by molar-refractivity contribution is -0.384. The molecular weight excluding hydrogens is 230 g/mol. The summed E-state index contributed by atoms with van der Waals surface area (Å²) < 4.78 is 0. The van der Waals surface area contributed by atoms with Gasteiger partial charge in [0.05, 0.1) is 4.92 Å². The van der Waals surface area contributed by atoms with Crippen LogP contribution in [0.5, 0.6) is 0 Å². The zero-order valence-corrected chi connectivity index (χ0v) is 11.0. The van der Waals surface area contributed by atoms with E-state index in [9.17, 15) is 10.1 Å². The van der Waals surface area contributed by atoms with Gasteiger partial charge in [0.25, 0.3) is 5.69 Å². The molecule has 1 saturated heterocycles. The molecule has 1 aromatic rings. The van der Waals surface area contributed by atoms with Gasteiger partial charge in [0.2, 0.25) is 0 Å². The normalized spacial score (nSPS) is 17.8. The van der Waals surface area contributed by atoms with Gasteiger partial charge in [-0.3, -0.25) is 10.1 Å². The minimum absolute atomic E-state index is 0.147. The molecule has 2 rings (SSSR count). The Morgan fingerprint density at radius 3 is 2.78 bits per heavy atom. The van der Waals surface area contributed by atoms with Crippen LogP contribution in [0.2, 0.25) is 0 Å². The van der Waals surface area contributed by atoms with Crippen molar-refractivity contribution in [3.8, 4) is 0 Å². The first-order valence-corrected chi connectivity index (χ1v) is 6.45. The summed E-state index contributed by atoms with van der Waals surface area (Å²) in [6.45, 7) is 6.83. The van der Waals surface area contributed by atoms with Crippen molar-refractivity contribution >= 4 is 11.4 Å². The number of nitro benzene ring substituents is 1. The van der Waals surface area contributed by atoms with Gasteiger partial charge in [-0.05, 0) is 31.5 Å². The smallest absolute Gasteiger partial charge is 0.292 e. The van der Waals surface area contributed by atoms with E-state index in [4.69, 9.17) is 0 Å². The number of nitrogens with zero attached hydrogens (tertiary/aromatic N) is 1. The highest BCUT2D eigenvalue weighted by Crippen LogP contribution is 2.23. The molecule has 0 radical (unpaired) electrons. The molecule has 0 aliphatic carbocycles. The predicted octanol–water partition coefficient (Wildman–Crippen LogP) is 2.64. The van der Waals surface area contributed by atoms with E-state index in [-0.39, 0.29) is 10.6 Å². The van der Waals surface area contributed by atoms with E-state index in [0.29, 0.717) is 11.6 Å². The van der Waals surface area contributed by atoms with Crippen LogP contribution in [0.4, 0.5) is 11.4 Å². The molecule has 2 N–H and O–H groups in total. The van der Waals surface area contributed by atoms with Gasteiger partial charge in [0.15, 0.2) is 0 Å². The summed E-state index contributed by atoms with van der Waals surface area (Å²) in [5.74, 6) is 0.569. The molecule has 1 fully saturated rings. The molecule has 1 atom stereocenters. The van der Waals surface area contributed by atoms with E-state index in [0.717, 1.165) is 26.1 Å². The Balaban J connectivity index is 0.000000771. The number of nitrogens with one attached hydrogen (secondary N) is 2. The zero-order valence-electron chi connectivity index (χ0n) is 11.0. The van der Waals surface area contributed by atoms with E-state index < -0.39 is 0 Å². The quantitative estimate of drug-likeness (QED) is 0.637. The van der Waals surface area contributed by atoms with Crippen LogP contribution in [0.25, 0.3) is 0 Å². The van der Waals surface area contributed by atoms with Crippen LogP contribution in [0.1, 0.15) is 20.3 Å². The summed E-state index contributed by atoms with van der Waals surface area (Å²) in [5.41, 5.74) is 0.757. The number of nitro groups is 1. The average Bonchev–Trinajstić information content (AvgIpc) is 2.92. The third-order valence-corrected chi connectivity index (χ3v) is 2.84. The van der Waals surface area contributed by atoms with E-state index in [1.807, 2.05) is 19.9 Å². The number of rotatable bonds is 4. The highest BCUT2D eigenvalue weighted by atomic mass is 16.6. The molecule has 0 saturated carbocycles. The number of hydrogen-bond donors (Lipinski definition) is 2. The fourth-order valence-corrected chi connectivity index (χ4v) is 1.93. The third kappa shape index (κ3) is 4.00. The van der Waals surface area contributed by atoms with Crippen LogP contribution in [-0.2, 0) is 0 Å². The molecule has 0 spiro atoms. The molecule has 1 heterocycles. The molecule has 5 heteroatoms.